The van der Waals surface area contributed by atoms with Crippen LogP contribution < -0.4 is 0 Å². The Bertz CT molecular complexity index is 451. The van der Waals surface area contributed by atoms with Crippen molar-refractivity contribution in [3.8, 4) is 0 Å². The van der Waals surface area contributed by atoms with Crippen LogP contribution in [0.3, 0.4) is 0 Å². The maximum absolute atomic E-state index is 10.6. The maximum atomic E-state index is 10.6. The van der Waals surface area contributed by atoms with Gasteiger partial charge in [0.2, 0.25) is 0 Å². The van der Waals surface area contributed by atoms with Crippen molar-refractivity contribution < 1.29 is 10.2 Å². The monoisotopic (exact) mass is 244 g/mol. The number of rotatable bonds is 3. The first-order valence-electron chi connectivity index (χ1n) is 6.83. The molecule has 96 valence electrons. The van der Waals surface area contributed by atoms with Gasteiger partial charge in [0.1, 0.15) is 0 Å². The second kappa shape index (κ2) is 4.52. The first-order chi connectivity index (χ1) is 8.73. The minimum atomic E-state index is -0.671. The molecule has 1 aromatic carbocycles. The van der Waals surface area contributed by atoms with E-state index in [1.165, 1.54) is 17.6 Å². The Balaban J connectivity index is 1.92. The third-order valence-electron chi connectivity index (χ3n) is 4.59. The molecule has 3 aliphatic rings. The quantitative estimate of drug-likeness (QED) is 0.858. The minimum absolute atomic E-state index is 0.0776. The maximum Gasteiger partial charge on any atom is 0.0737 e. The fourth-order valence-electron chi connectivity index (χ4n) is 3.63. The molecule has 2 bridgehead atoms. The highest BCUT2D eigenvalue weighted by atomic mass is 16.3. The molecule has 0 heterocycles. The molecular formula is C16H20O2. The second-order valence-electron chi connectivity index (χ2n) is 5.65. The third-order valence-corrected chi connectivity index (χ3v) is 4.59. The molecule has 1 fully saturated rings. The van der Waals surface area contributed by atoms with Crippen molar-refractivity contribution in [2.24, 2.45) is 11.8 Å². The summed E-state index contributed by atoms with van der Waals surface area (Å²) in [7, 11) is 0. The summed E-state index contributed by atoms with van der Waals surface area (Å²) < 4.78 is 0. The smallest absolute Gasteiger partial charge is 0.0737 e. The molecule has 0 amide bonds. The van der Waals surface area contributed by atoms with Crippen LogP contribution in [0.5, 0.6) is 0 Å². The molecule has 1 saturated carbocycles. The van der Waals surface area contributed by atoms with Crippen LogP contribution in [0, 0.1) is 11.8 Å². The Morgan fingerprint density at radius 3 is 2.56 bits per heavy atom. The molecule has 0 unspecified atom stereocenters. The van der Waals surface area contributed by atoms with Crippen LogP contribution in [0.15, 0.2) is 36.4 Å². The second-order valence-corrected chi connectivity index (χ2v) is 5.65. The number of benzene rings is 1. The number of allylic oxidation sites excluding steroid dienone is 1. The average molecular weight is 244 g/mol. The number of fused-ring (bicyclic) bond motifs is 2. The van der Waals surface area contributed by atoms with E-state index in [4.69, 9.17) is 5.11 Å². The van der Waals surface area contributed by atoms with Gasteiger partial charge in [-0.3, -0.25) is 0 Å². The van der Waals surface area contributed by atoms with E-state index in [9.17, 15) is 5.11 Å². The van der Waals surface area contributed by atoms with Crippen molar-refractivity contribution >= 4 is 5.57 Å². The highest BCUT2D eigenvalue weighted by Crippen LogP contribution is 2.50. The van der Waals surface area contributed by atoms with Gasteiger partial charge >= 0.3 is 0 Å². The zero-order valence-electron chi connectivity index (χ0n) is 10.5. The van der Waals surface area contributed by atoms with Gasteiger partial charge in [0.05, 0.1) is 5.60 Å². The van der Waals surface area contributed by atoms with Gasteiger partial charge in [-0.2, -0.15) is 0 Å². The van der Waals surface area contributed by atoms with Crippen LogP contribution in [-0.2, 0) is 0 Å². The van der Waals surface area contributed by atoms with Gasteiger partial charge in [-0.15, -0.1) is 0 Å². The van der Waals surface area contributed by atoms with E-state index >= 15 is 0 Å². The molecular weight excluding hydrogens is 224 g/mol. The molecule has 4 rings (SSSR count). The normalized spacial score (nSPS) is 34.4. The van der Waals surface area contributed by atoms with Gasteiger partial charge in [-0.25, -0.2) is 0 Å². The van der Waals surface area contributed by atoms with Crippen molar-refractivity contribution in [1.82, 2.24) is 0 Å². The Labute approximate surface area is 108 Å². The Morgan fingerprint density at radius 1 is 1.17 bits per heavy atom. The molecule has 2 N–H and O–H groups in total. The molecule has 0 radical (unpaired) electrons. The summed E-state index contributed by atoms with van der Waals surface area (Å²) in [5, 5.41) is 19.7. The van der Waals surface area contributed by atoms with Gasteiger partial charge in [0, 0.05) is 12.5 Å². The molecule has 0 aromatic heterocycles. The van der Waals surface area contributed by atoms with E-state index in [1.54, 1.807) is 0 Å². The Morgan fingerprint density at radius 2 is 1.94 bits per heavy atom. The lowest BCUT2D eigenvalue weighted by molar-refractivity contribution is -0.0621. The molecule has 3 atom stereocenters. The van der Waals surface area contributed by atoms with E-state index in [2.05, 4.69) is 30.3 Å². The first-order valence-corrected chi connectivity index (χ1v) is 6.83. The number of hydrogen-bond acceptors (Lipinski definition) is 2. The lowest BCUT2D eigenvalue weighted by atomic mass is 9.61. The van der Waals surface area contributed by atoms with E-state index < -0.39 is 5.60 Å². The fraction of sp³-hybridized carbons (Fsp3) is 0.500. The molecule has 0 spiro atoms. The summed E-state index contributed by atoms with van der Waals surface area (Å²) >= 11 is 0. The molecule has 18 heavy (non-hydrogen) atoms. The molecule has 2 nitrogen and oxygen atoms in total. The summed E-state index contributed by atoms with van der Waals surface area (Å²) in [5.41, 5.74) is 2.02. The zero-order chi connectivity index (χ0) is 12.6. The van der Waals surface area contributed by atoms with Gasteiger partial charge in [0.15, 0.2) is 0 Å². The van der Waals surface area contributed by atoms with E-state index in [0.717, 1.165) is 12.8 Å². The number of hydrogen-bond donors (Lipinski definition) is 2. The van der Waals surface area contributed by atoms with Gasteiger partial charge < -0.3 is 10.2 Å². The van der Waals surface area contributed by atoms with Gasteiger partial charge in [-0.05, 0) is 42.7 Å². The molecule has 1 aromatic rings. The van der Waals surface area contributed by atoms with Crippen molar-refractivity contribution in [3.63, 3.8) is 0 Å². The fourth-order valence-corrected chi connectivity index (χ4v) is 3.63. The van der Waals surface area contributed by atoms with Crippen LogP contribution in [0.25, 0.3) is 5.57 Å². The molecule has 3 aliphatic carbocycles. The van der Waals surface area contributed by atoms with Crippen LogP contribution in [0.4, 0.5) is 0 Å². The zero-order valence-corrected chi connectivity index (χ0v) is 10.5. The third kappa shape index (κ3) is 1.90. The van der Waals surface area contributed by atoms with Crippen molar-refractivity contribution in [2.45, 2.75) is 31.3 Å². The molecule has 2 heteroatoms. The van der Waals surface area contributed by atoms with Crippen LogP contribution in [-0.4, -0.2) is 22.4 Å². The van der Waals surface area contributed by atoms with Crippen molar-refractivity contribution in [1.29, 1.82) is 0 Å². The average Bonchev–Trinajstić information content (AvgIpc) is 2.40. The summed E-state index contributed by atoms with van der Waals surface area (Å²) in [6.45, 7) is 0.0776. The molecule has 0 aliphatic heterocycles. The topological polar surface area (TPSA) is 40.5 Å². The van der Waals surface area contributed by atoms with Gasteiger partial charge in [0.25, 0.3) is 0 Å². The summed E-state index contributed by atoms with van der Waals surface area (Å²) in [6.07, 6.45) is 5.78. The van der Waals surface area contributed by atoms with Crippen LogP contribution in [0.2, 0.25) is 0 Å². The summed E-state index contributed by atoms with van der Waals surface area (Å²) in [5.74, 6) is 0.666. The molecule has 0 saturated heterocycles. The van der Waals surface area contributed by atoms with E-state index in [-0.39, 0.29) is 12.5 Å². The Hall–Kier alpha value is -1.12. The van der Waals surface area contributed by atoms with E-state index in [0.29, 0.717) is 12.3 Å². The number of aliphatic hydroxyl groups is 2. The SMILES string of the molecule is OCC[C@]1(O)C[C@H]2CC[C@@H]1C=C2c1ccccc1. The van der Waals surface area contributed by atoms with Gasteiger partial charge in [-0.1, -0.05) is 36.4 Å². The lowest BCUT2D eigenvalue weighted by Gasteiger charge is -2.47. The Kier molecular flexibility index (Phi) is 3.00. The predicted molar refractivity (Wildman–Crippen MR) is 71.9 cm³/mol. The van der Waals surface area contributed by atoms with Crippen molar-refractivity contribution in [2.75, 3.05) is 6.61 Å². The van der Waals surface area contributed by atoms with Crippen molar-refractivity contribution in [3.05, 3.63) is 42.0 Å². The standard InChI is InChI=1S/C16H20O2/c17-9-8-16(18)11-13-6-7-14(16)10-15(13)12-4-2-1-3-5-12/h1-5,10,13-14,17-18H,6-9,11H2/t13-,14-,16+/m1/s1. The predicted octanol–water partition coefficient (Wildman–Crippen LogP) is 2.61. The minimum Gasteiger partial charge on any atom is -0.396 e. The van der Waals surface area contributed by atoms with Crippen LogP contribution in [0.1, 0.15) is 31.2 Å². The summed E-state index contributed by atoms with van der Waals surface area (Å²) in [6, 6.07) is 10.5. The lowest BCUT2D eigenvalue weighted by Crippen LogP contribution is -2.46. The number of aliphatic hydroxyl groups excluding tert-OH is 1. The highest BCUT2D eigenvalue weighted by molar-refractivity contribution is 5.69. The van der Waals surface area contributed by atoms with Crippen LogP contribution >= 0.6 is 0 Å². The highest BCUT2D eigenvalue weighted by Gasteiger charge is 2.45. The summed E-state index contributed by atoms with van der Waals surface area (Å²) in [4.78, 5) is 0. The largest absolute Gasteiger partial charge is 0.396 e. The first kappa shape index (κ1) is 11.9. The van der Waals surface area contributed by atoms with E-state index in [1.807, 2.05) is 6.07 Å².